The van der Waals surface area contributed by atoms with Gasteiger partial charge < -0.3 is 19.1 Å². The lowest BCUT2D eigenvalue weighted by molar-refractivity contribution is 0.144. The maximum Gasteiger partial charge on any atom is 0.161 e. The first-order chi connectivity index (χ1) is 19.6. The summed E-state index contributed by atoms with van der Waals surface area (Å²) in [4.78, 5) is 18.5. The van der Waals surface area contributed by atoms with Gasteiger partial charge in [0.15, 0.2) is 11.5 Å². The van der Waals surface area contributed by atoms with Crippen molar-refractivity contribution < 1.29 is 14.2 Å². The predicted octanol–water partition coefficient (Wildman–Crippen LogP) is 4.15. The van der Waals surface area contributed by atoms with Crippen molar-refractivity contribution in [3.63, 3.8) is 0 Å². The third-order valence-electron chi connectivity index (χ3n) is 7.20. The van der Waals surface area contributed by atoms with Gasteiger partial charge in [0.1, 0.15) is 24.0 Å². The molecule has 1 aliphatic heterocycles. The number of aryl methyl sites for hydroxylation is 1. The van der Waals surface area contributed by atoms with Crippen LogP contribution in [0, 0.1) is 18.3 Å². The molecule has 0 saturated carbocycles. The Morgan fingerprint density at radius 3 is 2.48 bits per heavy atom. The van der Waals surface area contributed by atoms with Gasteiger partial charge in [-0.25, -0.2) is 4.98 Å². The third-order valence-corrected chi connectivity index (χ3v) is 7.20. The van der Waals surface area contributed by atoms with E-state index in [9.17, 15) is 5.26 Å². The van der Waals surface area contributed by atoms with E-state index < -0.39 is 0 Å². The number of anilines is 1. The number of benzene rings is 2. The molecule has 0 unspecified atom stereocenters. The number of aromatic nitrogens is 3. The van der Waals surface area contributed by atoms with Crippen molar-refractivity contribution in [1.29, 1.82) is 5.26 Å². The highest BCUT2D eigenvalue weighted by molar-refractivity contribution is 5.83. The zero-order valence-corrected chi connectivity index (χ0v) is 23.3. The lowest BCUT2D eigenvalue weighted by atomic mass is 9.98. The molecule has 0 atom stereocenters. The van der Waals surface area contributed by atoms with Crippen LogP contribution in [0.15, 0.2) is 54.9 Å². The molecule has 206 valence electrons. The Bertz CT molecular complexity index is 1490. The van der Waals surface area contributed by atoms with Gasteiger partial charge in [0.2, 0.25) is 0 Å². The molecule has 1 fully saturated rings. The smallest absolute Gasteiger partial charge is 0.161 e. The second-order valence-corrected chi connectivity index (χ2v) is 9.89. The number of pyridine rings is 1. The highest BCUT2D eigenvalue weighted by atomic mass is 16.5. The van der Waals surface area contributed by atoms with Gasteiger partial charge >= 0.3 is 0 Å². The van der Waals surface area contributed by atoms with Gasteiger partial charge in [-0.05, 0) is 48.7 Å². The van der Waals surface area contributed by atoms with E-state index >= 15 is 0 Å². The lowest BCUT2D eigenvalue weighted by Gasteiger charge is -2.35. The Balaban J connectivity index is 1.33. The summed E-state index contributed by atoms with van der Waals surface area (Å²) in [5.41, 5.74) is 5.76. The Morgan fingerprint density at radius 2 is 1.75 bits per heavy atom. The summed E-state index contributed by atoms with van der Waals surface area (Å²) in [7, 11) is 3.36. The first-order valence-corrected chi connectivity index (χ1v) is 13.4. The van der Waals surface area contributed by atoms with Crippen LogP contribution in [0.4, 0.5) is 5.82 Å². The van der Waals surface area contributed by atoms with Crippen LogP contribution in [-0.2, 0) is 17.8 Å². The molecular formula is C31H34N6O3. The SMILES string of the molecule is COCCN1CCN(c2cnc3ccc(Cc4ccc(OCc5ccc(C)nc5)c(OC)c4)c(C#N)c3n2)CC1. The molecule has 0 aliphatic carbocycles. The maximum absolute atomic E-state index is 10.2. The maximum atomic E-state index is 10.2. The average Bonchev–Trinajstić information content (AvgIpc) is 3.00. The van der Waals surface area contributed by atoms with Crippen LogP contribution in [0.3, 0.4) is 0 Å². The quantitative estimate of drug-likeness (QED) is 0.295. The average molecular weight is 539 g/mol. The molecule has 0 bridgehead atoms. The van der Waals surface area contributed by atoms with Crippen LogP contribution in [0.2, 0.25) is 0 Å². The van der Waals surface area contributed by atoms with Crippen molar-refractivity contribution in [3.8, 4) is 17.6 Å². The molecular weight excluding hydrogens is 504 g/mol. The van der Waals surface area contributed by atoms with E-state index in [1.807, 2.05) is 61.8 Å². The minimum absolute atomic E-state index is 0.398. The van der Waals surface area contributed by atoms with Gasteiger partial charge in [-0.1, -0.05) is 18.2 Å². The van der Waals surface area contributed by atoms with E-state index in [0.717, 1.165) is 73.0 Å². The molecule has 9 heteroatoms. The second-order valence-electron chi connectivity index (χ2n) is 9.89. The van der Waals surface area contributed by atoms with Crippen molar-refractivity contribution >= 4 is 16.9 Å². The Hall–Kier alpha value is -4.26. The van der Waals surface area contributed by atoms with Crippen molar-refractivity contribution in [2.24, 2.45) is 0 Å². The van der Waals surface area contributed by atoms with Gasteiger partial charge in [0, 0.05) is 57.3 Å². The van der Waals surface area contributed by atoms with Gasteiger partial charge in [-0.2, -0.15) is 5.26 Å². The standard InChI is InChI=1S/C31H34N6O3/c1-22-4-5-24(19-33-22)21-40-28-9-6-23(17-29(28)39-3)16-25-7-8-27-31(26(25)18-32)35-30(20-34-27)37-12-10-36(11-13-37)14-15-38-2/h4-9,17,19-20H,10-16,21H2,1-3H3. The van der Waals surface area contributed by atoms with Crippen molar-refractivity contribution in [3.05, 3.63) is 82.8 Å². The Morgan fingerprint density at radius 1 is 0.925 bits per heavy atom. The van der Waals surface area contributed by atoms with E-state index in [-0.39, 0.29) is 0 Å². The van der Waals surface area contributed by atoms with Crippen molar-refractivity contribution in [2.75, 3.05) is 58.5 Å². The predicted molar refractivity (Wildman–Crippen MR) is 154 cm³/mol. The minimum Gasteiger partial charge on any atom is -0.493 e. The number of ether oxygens (including phenoxy) is 3. The molecule has 5 rings (SSSR count). The zero-order valence-electron chi connectivity index (χ0n) is 23.3. The molecule has 9 nitrogen and oxygen atoms in total. The van der Waals surface area contributed by atoms with Gasteiger partial charge in [-0.15, -0.1) is 0 Å². The lowest BCUT2D eigenvalue weighted by Crippen LogP contribution is -2.47. The summed E-state index contributed by atoms with van der Waals surface area (Å²) in [6.07, 6.45) is 4.18. The molecule has 1 saturated heterocycles. The summed E-state index contributed by atoms with van der Waals surface area (Å²) in [6, 6.07) is 16.1. The van der Waals surface area contributed by atoms with E-state index in [0.29, 0.717) is 35.6 Å². The number of nitriles is 1. The number of hydrogen-bond acceptors (Lipinski definition) is 9. The molecule has 40 heavy (non-hydrogen) atoms. The number of methoxy groups -OCH3 is 2. The molecule has 0 radical (unpaired) electrons. The van der Waals surface area contributed by atoms with E-state index in [1.54, 1.807) is 14.2 Å². The number of hydrogen-bond donors (Lipinski definition) is 0. The van der Waals surface area contributed by atoms with Crippen LogP contribution in [0.1, 0.15) is 27.9 Å². The topological polar surface area (TPSA) is 96.6 Å². The highest BCUT2D eigenvalue weighted by Crippen LogP contribution is 2.31. The fourth-order valence-corrected chi connectivity index (χ4v) is 4.86. The summed E-state index contributed by atoms with van der Waals surface area (Å²) in [5.74, 6) is 2.10. The van der Waals surface area contributed by atoms with E-state index in [1.165, 1.54) is 0 Å². The second kappa shape index (κ2) is 12.7. The molecule has 2 aromatic carbocycles. The Kier molecular flexibility index (Phi) is 8.69. The molecule has 3 heterocycles. The molecule has 2 aromatic heterocycles. The first kappa shape index (κ1) is 27.3. The fraction of sp³-hybridized carbons (Fsp3) is 0.355. The van der Waals surface area contributed by atoms with Crippen molar-refractivity contribution in [1.82, 2.24) is 19.9 Å². The van der Waals surface area contributed by atoms with E-state index in [2.05, 4.69) is 25.8 Å². The molecule has 0 spiro atoms. The largest absolute Gasteiger partial charge is 0.493 e. The first-order valence-electron chi connectivity index (χ1n) is 13.4. The summed E-state index contributed by atoms with van der Waals surface area (Å²) in [5, 5.41) is 10.2. The monoisotopic (exact) mass is 538 g/mol. The summed E-state index contributed by atoms with van der Waals surface area (Å²) >= 11 is 0. The van der Waals surface area contributed by atoms with Crippen molar-refractivity contribution in [2.45, 2.75) is 20.0 Å². The number of nitrogens with zero attached hydrogens (tertiary/aromatic N) is 6. The summed E-state index contributed by atoms with van der Waals surface area (Å²) in [6.45, 7) is 7.62. The molecule has 0 N–H and O–H groups in total. The zero-order chi connectivity index (χ0) is 27.9. The van der Waals surface area contributed by atoms with Crippen LogP contribution >= 0.6 is 0 Å². The van der Waals surface area contributed by atoms with Gasteiger partial charge in [0.05, 0.1) is 31.0 Å². The normalized spacial score (nSPS) is 13.8. The van der Waals surface area contributed by atoms with Crippen LogP contribution in [0.5, 0.6) is 11.5 Å². The number of piperazine rings is 1. The summed E-state index contributed by atoms with van der Waals surface area (Å²) < 4.78 is 16.8. The highest BCUT2D eigenvalue weighted by Gasteiger charge is 2.20. The fourth-order valence-electron chi connectivity index (χ4n) is 4.86. The van der Waals surface area contributed by atoms with E-state index in [4.69, 9.17) is 19.2 Å². The molecule has 0 amide bonds. The van der Waals surface area contributed by atoms with Gasteiger partial charge in [0.25, 0.3) is 0 Å². The Labute approximate surface area is 235 Å². The minimum atomic E-state index is 0.398. The van der Waals surface area contributed by atoms with Gasteiger partial charge in [-0.3, -0.25) is 14.9 Å². The number of rotatable bonds is 10. The van der Waals surface area contributed by atoms with Crippen LogP contribution < -0.4 is 14.4 Å². The molecule has 4 aromatic rings. The molecule has 1 aliphatic rings. The van der Waals surface area contributed by atoms with Crippen LogP contribution in [-0.4, -0.2) is 73.4 Å². The third kappa shape index (κ3) is 6.30. The van der Waals surface area contributed by atoms with Crippen LogP contribution in [0.25, 0.3) is 11.0 Å². The number of fused-ring (bicyclic) bond motifs is 1.